The molecule has 0 unspecified atom stereocenters. The highest BCUT2D eigenvalue weighted by atomic mass is 32.1. The molecule has 0 aliphatic heterocycles. The Kier molecular flexibility index (Phi) is 7.22. The highest BCUT2D eigenvalue weighted by Crippen LogP contribution is 2.27. The zero-order valence-corrected chi connectivity index (χ0v) is 27.6. The number of unbranched alkanes of at least 4 members (excludes halogenated alkanes) is 1. The van der Waals surface area contributed by atoms with Crippen LogP contribution >= 0.6 is 45.3 Å². The van der Waals surface area contributed by atoms with E-state index in [0.717, 1.165) is 45.8 Å². The average molecular weight is 651 g/mol. The van der Waals surface area contributed by atoms with Crippen LogP contribution in [0.15, 0.2) is 107 Å². The first-order valence-electron chi connectivity index (χ1n) is 14.7. The molecule has 10 heteroatoms. The fraction of sp³-hybridized carbons (Fsp3) is 0.176. The molecule has 0 aliphatic rings. The Hall–Kier alpha value is -3.96. The Morgan fingerprint density at radius 2 is 0.886 bits per heavy atom. The largest absolute Gasteiger partial charge is 0.386 e. The Balaban J connectivity index is 1.11. The van der Waals surface area contributed by atoms with Crippen LogP contribution in [0, 0.1) is 0 Å². The molecule has 0 spiro atoms. The van der Waals surface area contributed by atoms with Gasteiger partial charge in [-0.2, -0.15) is 0 Å². The molecule has 0 saturated carbocycles. The van der Waals surface area contributed by atoms with Crippen molar-refractivity contribution in [1.82, 2.24) is 9.13 Å². The van der Waals surface area contributed by atoms with Gasteiger partial charge in [-0.05, 0) is 84.0 Å². The normalized spacial score (nSPS) is 13.0. The van der Waals surface area contributed by atoms with E-state index >= 15 is 0 Å². The zero-order chi connectivity index (χ0) is 29.6. The fourth-order valence-electron chi connectivity index (χ4n) is 5.72. The number of rotatable bonds is 7. The van der Waals surface area contributed by atoms with Crippen molar-refractivity contribution in [3.05, 3.63) is 107 Å². The van der Waals surface area contributed by atoms with Crippen LogP contribution in [0.1, 0.15) is 12.8 Å². The summed E-state index contributed by atoms with van der Waals surface area (Å²) in [5.41, 5.74) is 4.94. The first-order chi connectivity index (χ1) is 21.6. The number of hydrogen-bond acceptors (Lipinski definition) is 6. The van der Waals surface area contributed by atoms with E-state index < -0.39 is 0 Å². The van der Waals surface area contributed by atoms with Gasteiger partial charge in [-0.3, -0.25) is 9.13 Å². The summed E-state index contributed by atoms with van der Waals surface area (Å²) in [5.74, 6) is 0. The molecule has 0 fully saturated rings. The van der Waals surface area contributed by atoms with Crippen LogP contribution in [0.3, 0.4) is 0 Å². The van der Waals surface area contributed by atoms with E-state index in [1.165, 1.54) is 40.9 Å². The Bertz CT molecular complexity index is 2280. The number of hydrogen-bond donors (Lipinski definition) is 0. The molecule has 6 nitrogen and oxygen atoms in total. The van der Waals surface area contributed by atoms with Gasteiger partial charge in [-0.25, -0.2) is 9.13 Å². The maximum absolute atomic E-state index is 5.21. The molecule has 4 aromatic carbocycles. The summed E-state index contributed by atoms with van der Waals surface area (Å²) in [6.45, 7) is 1.83. The topological polar surface area (TPSA) is 42.3 Å². The number of aryl methyl sites for hydroxylation is 4. The summed E-state index contributed by atoms with van der Waals surface area (Å²) in [5, 5.41) is 2.04. The van der Waals surface area contributed by atoms with E-state index in [-0.39, 0.29) is 0 Å². The summed E-state index contributed by atoms with van der Waals surface area (Å²) in [6, 6.07) is 34.4. The van der Waals surface area contributed by atoms with Crippen molar-refractivity contribution in [2.75, 3.05) is 0 Å². The lowest BCUT2D eigenvalue weighted by molar-refractivity contribution is -0.627. The number of thiazole rings is 4. The van der Waals surface area contributed by atoms with Gasteiger partial charge in [0.05, 0.1) is 43.9 Å². The van der Waals surface area contributed by atoms with Gasteiger partial charge in [0.2, 0.25) is 0 Å². The number of para-hydroxylation sites is 4. The molecule has 218 valence electrons. The predicted octanol–water partition coefficient (Wildman–Crippen LogP) is 7.74. The van der Waals surface area contributed by atoms with Crippen molar-refractivity contribution in [3.8, 4) is 0 Å². The van der Waals surface area contributed by atoms with Crippen LogP contribution in [0.2, 0.25) is 0 Å². The highest BCUT2D eigenvalue weighted by molar-refractivity contribution is 7.22. The number of fused-ring (bicyclic) bond motifs is 4. The lowest BCUT2D eigenvalue weighted by atomic mass is 10.2. The predicted molar refractivity (Wildman–Crippen MR) is 185 cm³/mol. The molecule has 8 rings (SSSR count). The third-order valence-corrected chi connectivity index (χ3v) is 12.3. The fourth-order valence-corrected chi connectivity index (χ4v) is 10.00. The van der Waals surface area contributed by atoms with E-state index in [0.29, 0.717) is 0 Å². The van der Waals surface area contributed by atoms with Gasteiger partial charge in [-0.15, -0.1) is 0 Å². The first kappa shape index (κ1) is 27.6. The lowest BCUT2D eigenvalue weighted by Crippen LogP contribution is -2.27. The average Bonchev–Trinajstić information content (AvgIpc) is 3.77. The lowest BCUT2D eigenvalue weighted by Gasteiger charge is -2.06. The third-order valence-electron chi connectivity index (χ3n) is 8.00. The van der Waals surface area contributed by atoms with Crippen molar-refractivity contribution >= 4 is 96.5 Å². The second-order valence-electron chi connectivity index (χ2n) is 10.8. The Labute approximate surface area is 270 Å². The van der Waals surface area contributed by atoms with Crippen molar-refractivity contribution in [3.63, 3.8) is 0 Å². The number of nitrogens with zero attached hydrogens (tertiary/aromatic N) is 6. The van der Waals surface area contributed by atoms with Gasteiger partial charge in [0.25, 0.3) is 0 Å². The van der Waals surface area contributed by atoms with Gasteiger partial charge in [-0.1, -0.05) is 71.2 Å². The molecule has 44 heavy (non-hydrogen) atoms. The second-order valence-corrected chi connectivity index (χ2v) is 14.8. The van der Waals surface area contributed by atoms with E-state index in [9.17, 15) is 0 Å². The molecule has 0 aliphatic carbocycles. The van der Waals surface area contributed by atoms with Crippen LogP contribution in [0.25, 0.3) is 40.9 Å². The summed E-state index contributed by atoms with van der Waals surface area (Å²) in [4.78, 5) is 12.5. The molecular formula is C34H30N6S4+2. The molecule has 0 amide bonds. The van der Waals surface area contributed by atoms with Crippen molar-refractivity contribution < 1.29 is 9.13 Å². The minimum atomic E-state index is 0.915. The van der Waals surface area contributed by atoms with Crippen LogP contribution < -0.4 is 18.7 Å². The highest BCUT2D eigenvalue weighted by Gasteiger charge is 2.19. The summed E-state index contributed by atoms with van der Waals surface area (Å²) >= 11 is 7.03. The molecule has 0 N–H and O–H groups in total. The third kappa shape index (κ3) is 4.92. The molecule has 0 saturated heterocycles. The Morgan fingerprint density at radius 3 is 1.32 bits per heavy atom. The monoisotopic (exact) mass is 650 g/mol. The Morgan fingerprint density at radius 1 is 0.500 bits per heavy atom. The molecule has 0 bridgehead atoms. The molecular weight excluding hydrogens is 621 g/mol. The van der Waals surface area contributed by atoms with Gasteiger partial charge in [0.15, 0.2) is 0 Å². The van der Waals surface area contributed by atoms with Crippen molar-refractivity contribution in [1.29, 1.82) is 0 Å². The van der Waals surface area contributed by atoms with E-state index in [1.807, 2.05) is 0 Å². The SMILES string of the molecule is C[n+]1c(/N=c2\sc3ccccc3n2CCCCn2/c(=N/c3sc4ccccc4[n+]3C)sc3ccccc32)sc2ccccc21. The second kappa shape index (κ2) is 11.5. The summed E-state index contributed by atoms with van der Waals surface area (Å²) in [6.07, 6.45) is 2.08. The van der Waals surface area contributed by atoms with Crippen LogP contribution in [0.4, 0.5) is 10.3 Å². The minimum Gasteiger partial charge on any atom is -0.295 e. The molecule has 0 radical (unpaired) electrons. The van der Waals surface area contributed by atoms with Gasteiger partial charge in [0.1, 0.15) is 11.0 Å². The van der Waals surface area contributed by atoms with Gasteiger partial charge >= 0.3 is 19.9 Å². The summed E-state index contributed by atoms with van der Waals surface area (Å²) < 4.78 is 14.3. The molecule has 8 aromatic rings. The van der Waals surface area contributed by atoms with Crippen LogP contribution in [-0.2, 0) is 27.2 Å². The zero-order valence-electron chi connectivity index (χ0n) is 24.4. The van der Waals surface area contributed by atoms with E-state index in [2.05, 4.69) is 129 Å². The van der Waals surface area contributed by atoms with Crippen LogP contribution in [0.5, 0.6) is 0 Å². The van der Waals surface area contributed by atoms with Crippen molar-refractivity contribution in [2.24, 2.45) is 24.1 Å². The number of aromatic nitrogens is 4. The number of benzene rings is 4. The maximum atomic E-state index is 5.21. The van der Waals surface area contributed by atoms with E-state index in [4.69, 9.17) is 9.98 Å². The summed E-state index contributed by atoms with van der Waals surface area (Å²) in [7, 11) is 4.22. The minimum absolute atomic E-state index is 0.915. The van der Waals surface area contributed by atoms with E-state index in [1.54, 1.807) is 45.3 Å². The first-order valence-corrected chi connectivity index (χ1v) is 17.9. The molecule has 0 atom stereocenters. The quantitative estimate of drug-likeness (QED) is 0.125. The van der Waals surface area contributed by atoms with Crippen molar-refractivity contribution in [2.45, 2.75) is 25.9 Å². The van der Waals surface area contributed by atoms with Gasteiger partial charge in [0, 0.05) is 23.1 Å². The van der Waals surface area contributed by atoms with Gasteiger partial charge < -0.3 is 0 Å². The van der Waals surface area contributed by atoms with Crippen LogP contribution in [-0.4, -0.2) is 9.13 Å². The smallest absolute Gasteiger partial charge is 0.295 e. The molecule has 4 heterocycles. The maximum Gasteiger partial charge on any atom is 0.386 e. The standard InChI is InChI=1S/C34H30N6S4/c1-37-23-13-3-7-17-27(23)41-31(37)35-33-39(25-15-5-9-19-29(25)43-33)21-11-12-22-40-26-16-6-10-20-30(26)44-34(40)36-32-38(2)24-14-4-8-18-28(24)42-32/h3-10,13-20H,11-12,21-22H2,1-2H3/q+2. The molecule has 4 aromatic heterocycles.